The van der Waals surface area contributed by atoms with Crippen LogP contribution in [0.3, 0.4) is 0 Å². The standard InChI is InChI=1S/C28H26N4O3/c33-27(20-30-28(34)35-24-11-10-23-19-29-13-12-22(23)18-24)32-16-14-31(15-17-32)26-9-5-4-8-25(26)21-6-2-1-3-7-21/h1-13,18-19H,14-17,20H2,(H,30,34). The van der Waals surface area contributed by atoms with Crippen molar-refractivity contribution in [1.82, 2.24) is 15.2 Å². The Morgan fingerprint density at radius 3 is 2.46 bits per heavy atom. The maximum atomic E-state index is 12.7. The molecule has 1 aliphatic rings. The van der Waals surface area contributed by atoms with Crippen molar-refractivity contribution >= 4 is 28.5 Å². The Hall–Kier alpha value is -4.39. The van der Waals surface area contributed by atoms with Crippen LogP contribution in [0.2, 0.25) is 0 Å². The number of aromatic nitrogens is 1. The van der Waals surface area contributed by atoms with Crippen molar-refractivity contribution in [2.24, 2.45) is 0 Å². The highest BCUT2D eigenvalue weighted by Crippen LogP contribution is 2.31. The minimum absolute atomic E-state index is 0.100. The molecule has 0 saturated carbocycles. The van der Waals surface area contributed by atoms with Crippen molar-refractivity contribution in [3.05, 3.63) is 91.3 Å². The molecule has 1 aromatic heterocycles. The minimum Gasteiger partial charge on any atom is -0.410 e. The molecule has 7 nitrogen and oxygen atoms in total. The van der Waals surface area contributed by atoms with Crippen LogP contribution < -0.4 is 15.0 Å². The largest absolute Gasteiger partial charge is 0.413 e. The summed E-state index contributed by atoms with van der Waals surface area (Å²) in [6, 6.07) is 25.8. The van der Waals surface area contributed by atoms with Gasteiger partial charge in [0.15, 0.2) is 0 Å². The number of nitrogens with one attached hydrogen (secondary N) is 1. The third-order valence-electron chi connectivity index (χ3n) is 6.17. The average molecular weight is 467 g/mol. The molecule has 3 aromatic carbocycles. The van der Waals surface area contributed by atoms with Gasteiger partial charge in [-0.2, -0.15) is 0 Å². The molecule has 1 saturated heterocycles. The molecule has 176 valence electrons. The molecule has 4 aromatic rings. The molecule has 0 radical (unpaired) electrons. The van der Waals surface area contributed by atoms with E-state index in [1.165, 1.54) is 16.8 Å². The second-order valence-corrected chi connectivity index (χ2v) is 8.38. The number of hydrogen-bond acceptors (Lipinski definition) is 5. The van der Waals surface area contributed by atoms with Gasteiger partial charge in [0.25, 0.3) is 0 Å². The lowest BCUT2D eigenvalue weighted by Crippen LogP contribution is -2.51. The van der Waals surface area contributed by atoms with Gasteiger partial charge in [-0.15, -0.1) is 0 Å². The lowest BCUT2D eigenvalue weighted by atomic mass is 10.0. The van der Waals surface area contributed by atoms with Crippen LogP contribution in [-0.4, -0.2) is 54.6 Å². The van der Waals surface area contributed by atoms with Crippen molar-refractivity contribution in [3.63, 3.8) is 0 Å². The number of amides is 2. The van der Waals surface area contributed by atoms with E-state index in [1.807, 2.05) is 42.5 Å². The number of piperazine rings is 1. The van der Waals surface area contributed by atoms with Crippen LogP contribution in [0.15, 0.2) is 91.3 Å². The van der Waals surface area contributed by atoms with Crippen LogP contribution in [0, 0.1) is 0 Å². The van der Waals surface area contributed by atoms with Crippen LogP contribution in [0.5, 0.6) is 5.75 Å². The first-order chi connectivity index (χ1) is 17.2. The summed E-state index contributed by atoms with van der Waals surface area (Å²) in [5, 5.41) is 4.45. The van der Waals surface area contributed by atoms with E-state index in [4.69, 9.17) is 4.74 Å². The third-order valence-corrected chi connectivity index (χ3v) is 6.17. The Labute approximate surface area is 204 Å². The van der Waals surface area contributed by atoms with Crippen LogP contribution in [0.4, 0.5) is 10.5 Å². The fourth-order valence-electron chi connectivity index (χ4n) is 4.34. The Bertz CT molecular complexity index is 1330. The van der Waals surface area contributed by atoms with Gasteiger partial charge in [0, 0.05) is 55.2 Å². The van der Waals surface area contributed by atoms with Crippen molar-refractivity contribution in [1.29, 1.82) is 0 Å². The average Bonchev–Trinajstić information content (AvgIpc) is 2.92. The van der Waals surface area contributed by atoms with E-state index in [0.29, 0.717) is 18.8 Å². The number of pyridine rings is 1. The summed E-state index contributed by atoms with van der Waals surface area (Å²) in [7, 11) is 0. The third kappa shape index (κ3) is 5.24. The van der Waals surface area contributed by atoms with Crippen LogP contribution in [-0.2, 0) is 4.79 Å². The van der Waals surface area contributed by atoms with E-state index < -0.39 is 6.09 Å². The molecule has 0 unspecified atom stereocenters. The van der Waals surface area contributed by atoms with E-state index >= 15 is 0 Å². The molecule has 0 bridgehead atoms. The number of para-hydroxylation sites is 1. The first kappa shape index (κ1) is 22.4. The zero-order chi connectivity index (χ0) is 24.0. The van der Waals surface area contributed by atoms with Crippen molar-refractivity contribution < 1.29 is 14.3 Å². The summed E-state index contributed by atoms with van der Waals surface area (Å²) in [5.41, 5.74) is 3.52. The molecular weight excluding hydrogens is 440 g/mol. The minimum atomic E-state index is -0.651. The molecule has 2 amide bonds. The fourth-order valence-corrected chi connectivity index (χ4v) is 4.34. The Balaban J connectivity index is 1.13. The predicted molar refractivity (Wildman–Crippen MR) is 136 cm³/mol. The number of carbonyl (C=O) groups is 2. The fraction of sp³-hybridized carbons (Fsp3) is 0.179. The highest BCUT2D eigenvalue weighted by Gasteiger charge is 2.23. The maximum Gasteiger partial charge on any atom is 0.413 e. The van der Waals surface area contributed by atoms with Gasteiger partial charge in [-0.1, -0.05) is 48.5 Å². The quantitative estimate of drug-likeness (QED) is 0.474. The predicted octanol–water partition coefficient (Wildman–Crippen LogP) is 4.34. The Morgan fingerprint density at radius 2 is 1.63 bits per heavy atom. The molecule has 5 rings (SSSR count). The SMILES string of the molecule is O=C(NCC(=O)N1CCN(c2ccccc2-c2ccccc2)CC1)Oc1ccc2cnccc2c1. The van der Waals surface area contributed by atoms with Crippen LogP contribution in [0.25, 0.3) is 21.9 Å². The van der Waals surface area contributed by atoms with Crippen molar-refractivity contribution in [2.75, 3.05) is 37.6 Å². The summed E-state index contributed by atoms with van der Waals surface area (Å²) < 4.78 is 5.34. The molecule has 1 aliphatic heterocycles. The van der Waals surface area contributed by atoms with E-state index in [0.717, 1.165) is 23.9 Å². The summed E-state index contributed by atoms with van der Waals surface area (Å²) in [4.78, 5) is 33.1. The zero-order valence-corrected chi connectivity index (χ0v) is 19.3. The smallest absolute Gasteiger partial charge is 0.410 e. The number of nitrogens with zero attached hydrogens (tertiary/aromatic N) is 3. The second kappa shape index (κ2) is 10.3. The lowest BCUT2D eigenvalue weighted by Gasteiger charge is -2.37. The summed E-state index contributed by atoms with van der Waals surface area (Å²) in [5.74, 6) is 0.293. The molecule has 1 fully saturated rings. The van der Waals surface area contributed by atoms with Gasteiger partial charge in [-0.3, -0.25) is 9.78 Å². The number of anilines is 1. The summed E-state index contributed by atoms with van der Waals surface area (Å²) >= 11 is 0. The van der Waals surface area contributed by atoms with Gasteiger partial charge in [-0.05, 0) is 41.3 Å². The molecule has 0 spiro atoms. The number of rotatable bonds is 5. The van der Waals surface area contributed by atoms with Crippen molar-refractivity contribution in [3.8, 4) is 16.9 Å². The molecule has 2 heterocycles. The highest BCUT2D eigenvalue weighted by atomic mass is 16.6. The summed E-state index contributed by atoms with van der Waals surface area (Å²) in [6.45, 7) is 2.55. The van der Waals surface area contributed by atoms with Gasteiger partial charge < -0.3 is 19.9 Å². The first-order valence-corrected chi connectivity index (χ1v) is 11.6. The van der Waals surface area contributed by atoms with Gasteiger partial charge >= 0.3 is 6.09 Å². The molecule has 0 aliphatic carbocycles. The Morgan fingerprint density at radius 1 is 0.857 bits per heavy atom. The number of ether oxygens (including phenoxy) is 1. The molecule has 35 heavy (non-hydrogen) atoms. The highest BCUT2D eigenvalue weighted by molar-refractivity contribution is 5.85. The normalized spacial score (nSPS) is 13.5. The first-order valence-electron chi connectivity index (χ1n) is 11.6. The molecular formula is C28H26N4O3. The maximum absolute atomic E-state index is 12.7. The van der Waals surface area contributed by atoms with Crippen LogP contribution in [0.1, 0.15) is 0 Å². The van der Waals surface area contributed by atoms with E-state index in [-0.39, 0.29) is 12.5 Å². The lowest BCUT2D eigenvalue weighted by molar-refractivity contribution is -0.130. The number of carbonyl (C=O) groups excluding carboxylic acids is 2. The molecule has 1 N–H and O–H groups in total. The Kier molecular flexibility index (Phi) is 6.57. The van der Waals surface area contributed by atoms with E-state index in [2.05, 4.69) is 39.5 Å². The van der Waals surface area contributed by atoms with E-state index in [9.17, 15) is 9.59 Å². The summed E-state index contributed by atoms with van der Waals surface area (Å²) in [6.07, 6.45) is 2.78. The number of hydrogen-bond donors (Lipinski definition) is 1. The number of benzene rings is 3. The number of fused-ring (bicyclic) bond motifs is 1. The molecule has 7 heteroatoms. The monoisotopic (exact) mass is 466 g/mol. The van der Waals surface area contributed by atoms with Gasteiger partial charge in [0.1, 0.15) is 12.3 Å². The van der Waals surface area contributed by atoms with Gasteiger partial charge in [-0.25, -0.2) is 4.79 Å². The van der Waals surface area contributed by atoms with Gasteiger partial charge in [0.05, 0.1) is 0 Å². The molecule has 0 atom stereocenters. The van der Waals surface area contributed by atoms with E-state index in [1.54, 1.807) is 29.4 Å². The van der Waals surface area contributed by atoms with Gasteiger partial charge in [0.2, 0.25) is 5.91 Å². The second-order valence-electron chi connectivity index (χ2n) is 8.38. The van der Waals surface area contributed by atoms with Crippen molar-refractivity contribution in [2.45, 2.75) is 0 Å². The van der Waals surface area contributed by atoms with Crippen LogP contribution >= 0.6 is 0 Å². The topological polar surface area (TPSA) is 74.8 Å². The zero-order valence-electron chi connectivity index (χ0n) is 19.3.